The molecule has 122 valence electrons. The Bertz CT molecular complexity index is 674. The van der Waals surface area contributed by atoms with E-state index in [2.05, 4.69) is 15.6 Å². The van der Waals surface area contributed by atoms with Gasteiger partial charge < -0.3 is 15.8 Å². The van der Waals surface area contributed by atoms with Gasteiger partial charge in [0.2, 0.25) is 0 Å². The normalized spacial score (nSPS) is 15.3. The predicted octanol–water partition coefficient (Wildman–Crippen LogP) is 1.92. The van der Waals surface area contributed by atoms with Crippen LogP contribution in [0.5, 0.6) is 5.75 Å². The van der Waals surface area contributed by atoms with Crippen molar-refractivity contribution in [3.63, 3.8) is 0 Å². The molecule has 7 nitrogen and oxygen atoms in total. The number of nitrogen functional groups attached to an aromatic ring is 1. The summed E-state index contributed by atoms with van der Waals surface area (Å²) in [5, 5.41) is 10.9. The van der Waals surface area contributed by atoms with Gasteiger partial charge in [-0.05, 0) is 37.1 Å². The van der Waals surface area contributed by atoms with Gasteiger partial charge in [-0.1, -0.05) is 24.5 Å². The first-order valence-electron chi connectivity index (χ1n) is 7.85. The summed E-state index contributed by atoms with van der Waals surface area (Å²) in [6.45, 7) is 0. The van der Waals surface area contributed by atoms with Crippen LogP contribution >= 0.6 is 0 Å². The molecule has 1 aliphatic carbocycles. The second-order valence-electron chi connectivity index (χ2n) is 5.74. The van der Waals surface area contributed by atoms with Gasteiger partial charge >= 0.3 is 0 Å². The molecule has 7 heteroatoms. The number of methoxy groups -OCH3 is 1. The lowest BCUT2D eigenvalue weighted by Crippen LogP contribution is -2.36. The Balaban J connectivity index is 1.76. The highest BCUT2D eigenvalue weighted by molar-refractivity contribution is 5.96. The number of hydrogen-bond acceptors (Lipinski definition) is 5. The summed E-state index contributed by atoms with van der Waals surface area (Å²) in [7, 11) is 1.60. The second kappa shape index (κ2) is 6.68. The molecule has 0 atom stereocenters. The number of carbonyl (C=O) groups is 1. The fraction of sp³-hybridized carbons (Fsp3) is 0.438. The Morgan fingerprint density at radius 1 is 1.26 bits per heavy atom. The molecule has 1 aliphatic rings. The van der Waals surface area contributed by atoms with Gasteiger partial charge in [-0.2, -0.15) is 4.68 Å². The van der Waals surface area contributed by atoms with E-state index in [0.717, 1.165) is 37.1 Å². The van der Waals surface area contributed by atoms with Gasteiger partial charge in [0.25, 0.3) is 5.91 Å². The third kappa shape index (κ3) is 3.28. The number of nitrogens with two attached hydrogens (primary N) is 1. The predicted molar refractivity (Wildman–Crippen MR) is 86.7 cm³/mol. The van der Waals surface area contributed by atoms with Gasteiger partial charge in [-0.15, -0.1) is 5.10 Å². The highest BCUT2D eigenvalue weighted by atomic mass is 16.5. The van der Waals surface area contributed by atoms with Gasteiger partial charge in [0.05, 0.1) is 12.8 Å². The third-order valence-corrected chi connectivity index (χ3v) is 4.18. The Morgan fingerprint density at radius 3 is 2.61 bits per heavy atom. The molecule has 3 rings (SSSR count). The first-order chi connectivity index (χ1) is 11.2. The first-order valence-corrected chi connectivity index (χ1v) is 7.85. The van der Waals surface area contributed by atoms with E-state index in [0.29, 0.717) is 0 Å². The van der Waals surface area contributed by atoms with Gasteiger partial charge in [-0.25, -0.2) is 0 Å². The molecule has 1 aromatic carbocycles. The molecule has 0 unspecified atom stereocenters. The zero-order valence-electron chi connectivity index (χ0n) is 13.2. The minimum Gasteiger partial charge on any atom is -0.497 e. The van der Waals surface area contributed by atoms with Crippen LogP contribution in [-0.2, 0) is 0 Å². The van der Waals surface area contributed by atoms with E-state index in [1.165, 1.54) is 11.1 Å². The number of rotatable bonds is 4. The number of amides is 1. The van der Waals surface area contributed by atoms with Crippen LogP contribution in [-0.4, -0.2) is 34.1 Å². The molecule has 0 radical (unpaired) electrons. The summed E-state index contributed by atoms with van der Waals surface area (Å²) in [6.07, 6.45) is 5.57. The molecule has 0 spiro atoms. The summed E-state index contributed by atoms with van der Waals surface area (Å²) in [5.41, 5.74) is 6.96. The topological polar surface area (TPSA) is 95.1 Å². The molecule has 1 saturated carbocycles. The van der Waals surface area contributed by atoms with Crippen LogP contribution < -0.4 is 15.8 Å². The number of ether oxygens (including phenoxy) is 1. The van der Waals surface area contributed by atoms with Crippen molar-refractivity contribution in [1.82, 2.24) is 20.3 Å². The van der Waals surface area contributed by atoms with Crippen molar-refractivity contribution < 1.29 is 9.53 Å². The highest BCUT2D eigenvalue weighted by Crippen LogP contribution is 2.20. The minimum absolute atomic E-state index is 0.173. The molecule has 0 saturated heterocycles. The van der Waals surface area contributed by atoms with Gasteiger partial charge in [-0.3, -0.25) is 4.79 Å². The van der Waals surface area contributed by atoms with Crippen molar-refractivity contribution >= 4 is 11.7 Å². The van der Waals surface area contributed by atoms with Gasteiger partial charge in [0.1, 0.15) is 5.75 Å². The van der Waals surface area contributed by atoms with Crippen molar-refractivity contribution in [2.75, 3.05) is 12.8 Å². The standard InChI is InChI=1S/C16H21N5O2/c1-23-13-9-7-12(8-10-13)21-15(17)14(19-20-21)16(22)18-11-5-3-2-4-6-11/h7-11H,2-6,17H2,1H3,(H,18,22). The molecule has 0 bridgehead atoms. The van der Waals surface area contributed by atoms with E-state index in [4.69, 9.17) is 10.5 Å². The number of hydrogen-bond donors (Lipinski definition) is 2. The zero-order valence-corrected chi connectivity index (χ0v) is 13.2. The van der Waals surface area contributed by atoms with Crippen LogP contribution in [0.4, 0.5) is 5.82 Å². The smallest absolute Gasteiger partial charge is 0.275 e. The van der Waals surface area contributed by atoms with Crippen molar-refractivity contribution in [1.29, 1.82) is 0 Å². The molecule has 1 amide bonds. The molecule has 1 aromatic heterocycles. The maximum Gasteiger partial charge on any atom is 0.275 e. The number of benzene rings is 1. The van der Waals surface area contributed by atoms with Crippen molar-refractivity contribution in [2.24, 2.45) is 0 Å². The Hall–Kier alpha value is -2.57. The Morgan fingerprint density at radius 2 is 1.96 bits per heavy atom. The van der Waals surface area contributed by atoms with Crippen molar-refractivity contribution in [2.45, 2.75) is 38.1 Å². The third-order valence-electron chi connectivity index (χ3n) is 4.18. The van der Waals surface area contributed by atoms with Crippen LogP contribution in [0.1, 0.15) is 42.6 Å². The van der Waals surface area contributed by atoms with Crippen molar-refractivity contribution in [3.8, 4) is 11.4 Å². The monoisotopic (exact) mass is 315 g/mol. The Labute approximate surface area is 134 Å². The molecule has 1 heterocycles. The summed E-state index contributed by atoms with van der Waals surface area (Å²) >= 11 is 0. The Kier molecular flexibility index (Phi) is 4.45. The van der Waals surface area contributed by atoms with Gasteiger partial charge in [0.15, 0.2) is 11.5 Å². The highest BCUT2D eigenvalue weighted by Gasteiger charge is 2.22. The number of anilines is 1. The van der Waals surface area contributed by atoms with Crippen LogP contribution in [0.25, 0.3) is 5.69 Å². The fourth-order valence-electron chi connectivity index (χ4n) is 2.87. The zero-order chi connectivity index (χ0) is 16.2. The van der Waals surface area contributed by atoms with E-state index in [1.807, 2.05) is 12.1 Å². The molecule has 0 aliphatic heterocycles. The summed E-state index contributed by atoms with van der Waals surface area (Å²) in [6, 6.07) is 7.44. The van der Waals surface area contributed by atoms with Crippen molar-refractivity contribution in [3.05, 3.63) is 30.0 Å². The summed E-state index contributed by atoms with van der Waals surface area (Å²) in [4.78, 5) is 12.4. The second-order valence-corrected chi connectivity index (χ2v) is 5.74. The fourth-order valence-corrected chi connectivity index (χ4v) is 2.87. The molecule has 2 aromatic rings. The molecule has 1 fully saturated rings. The number of nitrogens with one attached hydrogen (secondary N) is 1. The average Bonchev–Trinajstić information content (AvgIpc) is 2.97. The van der Waals surface area contributed by atoms with E-state index in [-0.39, 0.29) is 23.5 Å². The molecular formula is C16H21N5O2. The van der Waals surface area contributed by atoms with E-state index >= 15 is 0 Å². The van der Waals surface area contributed by atoms with Crippen LogP contribution in [0.15, 0.2) is 24.3 Å². The average molecular weight is 315 g/mol. The maximum absolute atomic E-state index is 12.4. The summed E-state index contributed by atoms with van der Waals surface area (Å²) < 4.78 is 6.58. The van der Waals surface area contributed by atoms with Crippen LogP contribution in [0.2, 0.25) is 0 Å². The SMILES string of the molecule is COc1ccc(-n2nnc(C(=O)NC3CCCCC3)c2N)cc1. The molecule has 23 heavy (non-hydrogen) atoms. The number of carbonyl (C=O) groups excluding carboxylic acids is 1. The maximum atomic E-state index is 12.4. The van der Waals surface area contributed by atoms with Crippen LogP contribution in [0, 0.1) is 0 Å². The molecule has 3 N–H and O–H groups in total. The first kappa shape index (κ1) is 15.3. The van der Waals surface area contributed by atoms with E-state index < -0.39 is 0 Å². The lowest BCUT2D eigenvalue weighted by Gasteiger charge is -2.22. The number of nitrogens with zero attached hydrogens (tertiary/aromatic N) is 3. The largest absolute Gasteiger partial charge is 0.497 e. The lowest BCUT2D eigenvalue weighted by molar-refractivity contribution is 0.0923. The van der Waals surface area contributed by atoms with E-state index in [9.17, 15) is 4.79 Å². The van der Waals surface area contributed by atoms with E-state index in [1.54, 1.807) is 19.2 Å². The van der Waals surface area contributed by atoms with Gasteiger partial charge in [0, 0.05) is 6.04 Å². The number of aromatic nitrogens is 3. The lowest BCUT2D eigenvalue weighted by atomic mass is 9.95. The summed E-state index contributed by atoms with van der Waals surface area (Å²) in [5.74, 6) is 0.723. The van der Waals surface area contributed by atoms with Crippen LogP contribution in [0.3, 0.4) is 0 Å². The molecular weight excluding hydrogens is 294 g/mol. The minimum atomic E-state index is -0.255. The quantitative estimate of drug-likeness (QED) is 0.899.